The van der Waals surface area contributed by atoms with Gasteiger partial charge in [0.15, 0.2) is 5.75 Å². The molecule has 0 saturated heterocycles. The number of benzene rings is 1. The largest absolute Gasteiger partial charge is 0.494 e. The van der Waals surface area contributed by atoms with Gasteiger partial charge in [-0.05, 0) is 24.6 Å². The monoisotopic (exact) mass is 310 g/mol. The molecule has 0 saturated carbocycles. The lowest BCUT2D eigenvalue weighted by atomic mass is 10.1. The summed E-state index contributed by atoms with van der Waals surface area (Å²) in [5.74, 6) is 0.160. The predicted octanol–water partition coefficient (Wildman–Crippen LogP) is 2.31. The number of carbonyl (C=O) groups is 1. The third-order valence-electron chi connectivity index (χ3n) is 3.18. The molecule has 0 spiro atoms. The summed E-state index contributed by atoms with van der Waals surface area (Å²) < 4.78 is 7.13. The van der Waals surface area contributed by atoms with Crippen molar-refractivity contribution in [2.75, 3.05) is 13.7 Å². The van der Waals surface area contributed by atoms with E-state index < -0.39 is 0 Å². The number of nitriles is 1. The molecule has 1 aromatic heterocycles. The zero-order valence-electron chi connectivity index (χ0n) is 13.1. The molecule has 6 nitrogen and oxygen atoms in total. The summed E-state index contributed by atoms with van der Waals surface area (Å²) in [5, 5.41) is 16.1. The lowest BCUT2D eigenvalue weighted by Crippen LogP contribution is -2.25. The summed E-state index contributed by atoms with van der Waals surface area (Å²) >= 11 is 0. The van der Waals surface area contributed by atoms with Gasteiger partial charge >= 0.3 is 0 Å². The Morgan fingerprint density at radius 3 is 2.91 bits per heavy atom. The molecule has 2 rings (SSSR count). The molecule has 0 aliphatic rings. The first-order chi connectivity index (χ1) is 11.2. The first-order valence-corrected chi connectivity index (χ1v) is 7.28. The first-order valence-electron chi connectivity index (χ1n) is 7.28. The van der Waals surface area contributed by atoms with Crippen LogP contribution >= 0.6 is 0 Å². The van der Waals surface area contributed by atoms with E-state index in [-0.39, 0.29) is 11.5 Å². The maximum Gasteiger partial charge on any atom is 0.261 e. The standard InChI is InChI=1S/C17H18N4O2/c1-3-8-19-17(22)14(12-18)11-13-6-4-7-15(16(13)23-2)21-10-5-9-20-21/h4-7,9-11H,3,8H2,1-2H3,(H,19,22)/b14-11+. The van der Waals surface area contributed by atoms with Crippen LogP contribution in [-0.4, -0.2) is 29.3 Å². The summed E-state index contributed by atoms with van der Waals surface area (Å²) in [5.41, 5.74) is 1.41. The van der Waals surface area contributed by atoms with E-state index >= 15 is 0 Å². The fourth-order valence-electron chi connectivity index (χ4n) is 2.11. The van der Waals surface area contributed by atoms with Crippen molar-refractivity contribution in [2.24, 2.45) is 0 Å². The number of ether oxygens (including phenoxy) is 1. The van der Waals surface area contributed by atoms with E-state index in [1.54, 1.807) is 36.3 Å². The average molecular weight is 310 g/mol. The topological polar surface area (TPSA) is 79.9 Å². The molecule has 0 aliphatic heterocycles. The van der Waals surface area contributed by atoms with Gasteiger partial charge in [-0.1, -0.05) is 19.1 Å². The molecule has 0 fully saturated rings. The first kappa shape index (κ1) is 16.3. The van der Waals surface area contributed by atoms with E-state index in [4.69, 9.17) is 4.74 Å². The minimum absolute atomic E-state index is 0.0364. The Hall–Kier alpha value is -3.07. The van der Waals surface area contributed by atoms with Crippen LogP contribution in [-0.2, 0) is 4.79 Å². The van der Waals surface area contributed by atoms with Crippen LogP contribution in [0, 0.1) is 11.3 Å². The van der Waals surface area contributed by atoms with Gasteiger partial charge in [-0.15, -0.1) is 0 Å². The van der Waals surface area contributed by atoms with Gasteiger partial charge in [-0.2, -0.15) is 10.4 Å². The van der Waals surface area contributed by atoms with Crippen LogP contribution in [0.2, 0.25) is 0 Å². The highest BCUT2D eigenvalue weighted by molar-refractivity contribution is 6.02. The van der Waals surface area contributed by atoms with Crippen molar-refractivity contribution in [2.45, 2.75) is 13.3 Å². The van der Waals surface area contributed by atoms with Gasteiger partial charge in [-0.25, -0.2) is 4.68 Å². The molecule has 1 aromatic carbocycles. The van der Waals surface area contributed by atoms with Gasteiger partial charge in [-0.3, -0.25) is 4.79 Å². The summed E-state index contributed by atoms with van der Waals surface area (Å²) in [6.07, 6.45) is 5.80. The highest BCUT2D eigenvalue weighted by Gasteiger charge is 2.13. The van der Waals surface area contributed by atoms with Crippen LogP contribution < -0.4 is 10.1 Å². The number of para-hydroxylation sites is 1. The minimum atomic E-state index is -0.388. The van der Waals surface area contributed by atoms with Crippen molar-refractivity contribution in [3.05, 3.63) is 47.8 Å². The van der Waals surface area contributed by atoms with E-state index in [0.717, 1.165) is 12.1 Å². The van der Waals surface area contributed by atoms with Crippen LogP contribution in [0.3, 0.4) is 0 Å². The second kappa shape index (κ2) is 7.80. The third-order valence-corrected chi connectivity index (χ3v) is 3.18. The Morgan fingerprint density at radius 2 is 2.30 bits per heavy atom. The Bertz CT molecular complexity index is 742. The van der Waals surface area contributed by atoms with Crippen molar-refractivity contribution >= 4 is 12.0 Å². The number of carbonyl (C=O) groups excluding carboxylic acids is 1. The van der Waals surface area contributed by atoms with Crippen LogP contribution in [0.5, 0.6) is 5.75 Å². The Labute approximate surface area is 135 Å². The molecule has 0 bridgehead atoms. The normalized spacial score (nSPS) is 10.9. The second-order valence-corrected chi connectivity index (χ2v) is 4.78. The molecule has 0 unspecified atom stereocenters. The number of nitrogens with one attached hydrogen (secondary N) is 1. The summed E-state index contributed by atoms with van der Waals surface area (Å²) in [4.78, 5) is 12.0. The summed E-state index contributed by atoms with van der Waals surface area (Å²) in [6.45, 7) is 2.48. The van der Waals surface area contributed by atoms with E-state index in [1.165, 1.54) is 6.08 Å². The number of nitrogens with zero attached hydrogens (tertiary/aromatic N) is 3. The van der Waals surface area contributed by atoms with Crippen molar-refractivity contribution in [3.8, 4) is 17.5 Å². The van der Waals surface area contributed by atoms with Crippen LogP contribution in [0.1, 0.15) is 18.9 Å². The van der Waals surface area contributed by atoms with Crippen molar-refractivity contribution in [1.82, 2.24) is 15.1 Å². The van der Waals surface area contributed by atoms with Gasteiger partial charge in [0.05, 0.1) is 7.11 Å². The molecule has 0 aliphatic carbocycles. The molecule has 0 atom stereocenters. The fourth-order valence-corrected chi connectivity index (χ4v) is 2.11. The zero-order chi connectivity index (χ0) is 16.7. The number of amides is 1. The smallest absolute Gasteiger partial charge is 0.261 e. The van der Waals surface area contributed by atoms with Crippen LogP contribution in [0.4, 0.5) is 0 Å². The fraction of sp³-hybridized carbons (Fsp3) is 0.235. The Morgan fingerprint density at radius 1 is 1.48 bits per heavy atom. The molecular weight excluding hydrogens is 292 g/mol. The Kier molecular flexibility index (Phi) is 5.53. The molecule has 118 valence electrons. The van der Waals surface area contributed by atoms with Crippen LogP contribution in [0.15, 0.2) is 42.2 Å². The van der Waals surface area contributed by atoms with E-state index in [9.17, 15) is 10.1 Å². The minimum Gasteiger partial charge on any atom is -0.494 e. The van der Waals surface area contributed by atoms with Crippen molar-refractivity contribution < 1.29 is 9.53 Å². The number of aromatic nitrogens is 2. The molecule has 23 heavy (non-hydrogen) atoms. The summed E-state index contributed by atoms with van der Waals surface area (Å²) in [7, 11) is 1.54. The number of rotatable bonds is 6. The van der Waals surface area contributed by atoms with Gasteiger partial charge in [0.2, 0.25) is 0 Å². The Balaban J connectivity index is 2.43. The lowest BCUT2D eigenvalue weighted by molar-refractivity contribution is -0.117. The summed E-state index contributed by atoms with van der Waals surface area (Å²) in [6, 6.07) is 9.21. The van der Waals surface area contributed by atoms with Crippen LogP contribution in [0.25, 0.3) is 11.8 Å². The molecule has 2 aromatic rings. The number of methoxy groups -OCH3 is 1. The van der Waals surface area contributed by atoms with Crippen molar-refractivity contribution in [3.63, 3.8) is 0 Å². The van der Waals surface area contributed by atoms with E-state index in [2.05, 4.69) is 10.4 Å². The number of hydrogen-bond donors (Lipinski definition) is 1. The molecular formula is C17H18N4O2. The maximum atomic E-state index is 12.0. The quantitative estimate of drug-likeness (QED) is 0.656. The van der Waals surface area contributed by atoms with E-state index in [0.29, 0.717) is 17.9 Å². The molecule has 1 amide bonds. The molecule has 1 heterocycles. The zero-order valence-corrected chi connectivity index (χ0v) is 13.1. The molecule has 1 N–H and O–H groups in total. The van der Waals surface area contributed by atoms with Gasteiger partial charge in [0, 0.05) is 24.5 Å². The van der Waals surface area contributed by atoms with Gasteiger partial charge < -0.3 is 10.1 Å². The SMILES string of the molecule is CCCNC(=O)/C(C#N)=C/c1cccc(-n2cccn2)c1OC. The maximum absolute atomic E-state index is 12.0. The molecule has 0 radical (unpaired) electrons. The predicted molar refractivity (Wildman–Crippen MR) is 87.0 cm³/mol. The van der Waals surface area contributed by atoms with Gasteiger partial charge in [0.25, 0.3) is 5.91 Å². The van der Waals surface area contributed by atoms with Crippen molar-refractivity contribution in [1.29, 1.82) is 5.26 Å². The molecule has 6 heteroatoms. The second-order valence-electron chi connectivity index (χ2n) is 4.78. The highest BCUT2D eigenvalue weighted by atomic mass is 16.5. The van der Waals surface area contributed by atoms with Gasteiger partial charge in [0.1, 0.15) is 17.3 Å². The third kappa shape index (κ3) is 3.77. The lowest BCUT2D eigenvalue weighted by Gasteiger charge is -2.11. The highest BCUT2D eigenvalue weighted by Crippen LogP contribution is 2.28. The van der Waals surface area contributed by atoms with E-state index in [1.807, 2.05) is 25.1 Å². The average Bonchev–Trinajstić information content (AvgIpc) is 3.11. The number of hydrogen-bond acceptors (Lipinski definition) is 4.